The fourth-order valence-corrected chi connectivity index (χ4v) is 2.30. The fraction of sp³-hybridized carbons (Fsp3) is 0.300. The molecule has 2 aromatic rings. The van der Waals surface area contributed by atoms with Gasteiger partial charge in [-0.25, -0.2) is 0 Å². The Morgan fingerprint density at radius 1 is 0.917 bits per heavy atom. The Bertz CT molecular complexity index is 664. The molecule has 0 aliphatic heterocycles. The molecule has 2 rings (SSSR count). The van der Waals surface area contributed by atoms with Crippen molar-refractivity contribution in [1.82, 2.24) is 0 Å². The molecule has 0 radical (unpaired) electrons. The van der Waals surface area contributed by atoms with Gasteiger partial charge in [0.05, 0.1) is 7.11 Å². The zero-order valence-corrected chi connectivity index (χ0v) is 13.9. The highest BCUT2D eigenvalue weighted by Gasteiger charge is 2.08. The molecule has 126 valence electrons. The number of ketones is 1. The summed E-state index contributed by atoms with van der Waals surface area (Å²) in [5.74, 6) is 0.503. The number of carbonyl (C=O) groups is 2. The molecule has 0 saturated carbocycles. The van der Waals surface area contributed by atoms with E-state index in [1.807, 2.05) is 42.5 Å². The zero-order valence-electron chi connectivity index (χ0n) is 13.9. The molecule has 0 saturated heterocycles. The van der Waals surface area contributed by atoms with Crippen LogP contribution in [0.2, 0.25) is 0 Å². The largest absolute Gasteiger partial charge is 0.489 e. The minimum absolute atomic E-state index is 0.0602. The quantitative estimate of drug-likeness (QED) is 0.394. The first kappa shape index (κ1) is 17.7. The summed E-state index contributed by atoms with van der Waals surface area (Å²) in [6.07, 6.45) is 2.09. The summed E-state index contributed by atoms with van der Waals surface area (Å²) in [6.45, 7) is 0.470. The van der Waals surface area contributed by atoms with Crippen molar-refractivity contribution >= 4 is 11.8 Å². The summed E-state index contributed by atoms with van der Waals surface area (Å²) in [6, 6.07) is 17.1. The Morgan fingerprint density at radius 3 is 2.42 bits per heavy atom. The van der Waals surface area contributed by atoms with Crippen LogP contribution >= 0.6 is 0 Å². The van der Waals surface area contributed by atoms with Crippen LogP contribution in [0.25, 0.3) is 0 Å². The van der Waals surface area contributed by atoms with Crippen LogP contribution in [0, 0.1) is 0 Å². The maximum Gasteiger partial charge on any atom is 0.305 e. The number of unbranched alkanes of at least 4 members (excludes halogenated alkanes) is 1. The van der Waals surface area contributed by atoms with Crippen molar-refractivity contribution in [3.05, 3.63) is 65.7 Å². The van der Waals surface area contributed by atoms with Crippen LogP contribution in [0.5, 0.6) is 5.75 Å². The van der Waals surface area contributed by atoms with Crippen molar-refractivity contribution in [2.75, 3.05) is 7.11 Å². The van der Waals surface area contributed by atoms with Crippen molar-refractivity contribution in [3.63, 3.8) is 0 Å². The number of benzene rings is 2. The van der Waals surface area contributed by atoms with Crippen LogP contribution in [0.15, 0.2) is 54.6 Å². The van der Waals surface area contributed by atoms with E-state index in [0.29, 0.717) is 43.6 Å². The SMILES string of the molecule is COC(=O)CCCCC(=O)c1cccc(OCc2ccccc2)c1. The van der Waals surface area contributed by atoms with Crippen molar-refractivity contribution in [2.24, 2.45) is 0 Å². The van der Waals surface area contributed by atoms with E-state index in [1.54, 1.807) is 12.1 Å². The summed E-state index contributed by atoms with van der Waals surface area (Å²) < 4.78 is 10.3. The summed E-state index contributed by atoms with van der Waals surface area (Å²) in [5.41, 5.74) is 1.72. The zero-order chi connectivity index (χ0) is 17.2. The highest BCUT2D eigenvalue weighted by molar-refractivity contribution is 5.96. The van der Waals surface area contributed by atoms with Gasteiger partial charge >= 0.3 is 5.97 Å². The summed E-state index contributed by atoms with van der Waals surface area (Å²) in [5, 5.41) is 0. The van der Waals surface area contributed by atoms with Gasteiger partial charge < -0.3 is 9.47 Å². The molecule has 0 aromatic heterocycles. The van der Waals surface area contributed by atoms with E-state index in [-0.39, 0.29) is 11.8 Å². The van der Waals surface area contributed by atoms with Crippen molar-refractivity contribution < 1.29 is 19.1 Å². The van der Waals surface area contributed by atoms with Crippen LogP contribution in [0.3, 0.4) is 0 Å². The van der Waals surface area contributed by atoms with E-state index in [2.05, 4.69) is 4.74 Å². The van der Waals surface area contributed by atoms with E-state index in [4.69, 9.17) is 4.74 Å². The van der Waals surface area contributed by atoms with Crippen molar-refractivity contribution in [2.45, 2.75) is 32.3 Å². The van der Waals surface area contributed by atoms with E-state index in [0.717, 1.165) is 5.56 Å². The molecule has 2 aromatic carbocycles. The number of methoxy groups -OCH3 is 1. The molecule has 0 fully saturated rings. The van der Waals surface area contributed by atoms with Gasteiger partial charge in [0.1, 0.15) is 12.4 Å². The average Bonchev–Trinajstić information content (AvgIpc) is 2.64. The fourth-order valence-electron chi connectivity index (χ4n) is 2.30. The second-order valence-electron chi connectivity index (χ2n) is 5.51. The standard InChI is InChI=1S/C20H22O4/c1-23-20(22)13-6-5-12-19(21)17-10-7-11-18(14-17)24-15-16-8-3-2-4-9-16/h2-4,7-11,14H,5-6,12-13,15H2,1H3. The minimum Gasteiger partial charge on any atom is -0.489 e. The van der Waals surface area contributed by atoms with Crippen molar-refractivity contribution in [1.29, 1.82) is 0 Å². The van der Waals surface area contributed by atoms with Gasteiger partial charge in [-0.1, -0.05) is 42.5 Å². The number of hydrogen-bond donors (Lipinski definition) is 0. The molecule has 0 unspecified atom stereocenters. The highest BCUT2D eigenvalue weighted by Crippen LogP contribution is 2.17. The second-order valence-corrected chi connectivity index (χ2v) is 5.51. The molecular formula is C20H22O4. The predicted molar refractivity (Wildman–Crippen MR) is 92.0 cm³/mol. The minimum atomic E-state index is -0.237. The van der Waals surface area contributed by atoms with Gasteiger partial charge in [-0.15, -0.1) is 0 Å². The number of carbonyl (C=O) groups excluding carboxylic acids is 2. The number of hydrogen-bond acceptors (Lipinski definition) is 4. The lowest BCUT2D eigenvalue weighted by Gasteiger charge is -2.08. The number of Topliss-reactive ketones (excluding diaryl/α,β-unsaturated/α-hetero) is 1. The first-order chi connectivity index (χ1) is 11.7. The molecule has 0 spiro atoms. The lowest BCUT2D eigenvalue weighted by Crippen LogP contribution is -2.03. The third-order valence-electron chi connectivity index (χ3n) is 3.67. The first-order valence-corrected chi connectivity index (χ1v) is 8.06. The second kappa shape index (κ2) is 9.50. The normalized spacial score (nSPS) is 10.2. The molecule has 0 atom stereocenters. The molecule has 4 nitrogen and oxygen atoms in total. The molecule has 0 amide bonds. The Kier molecular flexibility index (Phi) is 7.02. The van der Waals surface area contributed by atoms with E-state index >= 15 is 0 Å². The predicted octanol–water partition coefficient (Wildman–Crippen LogP) is 4.18. The van der Waals surface area contributed by atoms with E-state index in [1.165, 1.54) is 7.11 Å². The monoisotopic (exact) mass is 326 g/mol. The number of ether oxygens (including phenoxy) is 2. The van der Waals surface area contributed by atoms with Crippen LogP contribution in [-0.2, 0) is 16.1 Å². The van der Waals surface area contributed by atoms with Gasteiger partial charge in [0.2, 0.25) is 0 Å². The number of rotatable bonds is 9. The third kappa shape index (κ3) is 5.88. The Balaban J connectivity index is 1.83. The number of esters is 1. The van der Waals surface area contributed by atoms with Crippen LogP contribution in [0.4, 0.5) is 0 Å². The smallest absolute Gasteiger partial charge is 0.305 e. The Morgan fingerprint density at radius 2 is 1.67 bits per heavy atom. The van der Waals surface area contributed by atoms with Gasteiger partial charge in [-0.05, 0) is 30.5 Å². The van der Waals surface area contributed by atoms with Gasteiger partial charge in [-0.3, -0.25) is 9.59 Å². The van der Waals surface area contributed by atoms with Crippen LogP contribution in [-0.4, -0.2) is 18.9 Å². The highest BCUT2D eigenvalue weighted by atomic mass is 16.5. The van der Waals surface area contributed by atoms with Gasteiger partial charge in [0, 0.05) is 18.4 Å². The molecule has 4 heteroatoms. The lowest BCUT2D eigenvalue weighted by molar-refractivity contribution is -0.140. The molecule has 0 heterocycles. The Hall–Kier alpha value is -2.62. The molecule has 0 aliphatic carbocycles. The lowest BCUT2D eigenvalue weighted by atomic mass is 10.0. The topological polar surface area (TPSA) is 52.6 Å². The molecule has 0 bridgehead atoms. The van der Waals surface area contributed by atoms with Crippen LogP contribution in [0.1, 0.15) is 41.6 Å². The first-order valence-electron chi connectivity index (χ1n) is 8.06. The summed E-state index contributed by atoms with van der Waals surface area (Å²) >= 11 is 0. The molecule has 24 heavy (non-hydrogen) atoms. The average molecular weight is 326 g/mol. The van der Waals surface area contributed by atoms with Crippen LogP contribution < -0.4 is 4.74 Å². The van der Waals surface area contributed by atoms with E-state index < -0.39 is 0 Å². The van der Waals surface area contributed by atoms with Gasteiger partial charge in [-0.2, -0.15) is 0 Å². The van der Waals surface area contributed by atoms with Gasteiger partial charge in [0.15, 0.2) is 5.78 Å². The summed E-state index contributed by atoms with van der Waals surface area (Å²) in [7, 11) is 1.37. The summed E-state index contributed by atoms with van der Waals surface area (Å²) in [4.78, 5) is 23.2. The molecule has 0 aliphatic rings. The van der Waals surface area contributed by atoms with Gasteiger partial charge in [0.25, 0.3) is 0 Å². The van der Waals surface area contributed by atoms with Crippen molar-refractivity contribution in [3.8, 4) is 5.75 Å². The third-order valence-corrected chi connectivity index (χ3v) is 3.67. The maximum absolute atomic E-state index is 12.2. The van der Waals surface area contributed by atoms with E-state index in [9.17, 15) is 9.59 Å². The molecular weight excluding hydrogens is 304 g/mol. The Labute approximate surface area is 142 Å². The molecule has 0 N–H and O–H groups in total. The maximum atomic E-state index is 12.2.